The minimum absolute atomic E-state index is 0.0373. The Labute approximate surface area is 106 Å². The highest BCUT2D eigenvalue weighted by atomic mass is 32.2. The summed E-state index contributed by atoms with van der Waals surface area (Å²) in [5.41, 5.74) is 0.0373. The fraction of sp³-hybridized carbons (Fsp3) is 0.200. The van der Waals surface area contributed by atoms with Gasteiger partial charge in [-0.15, -0.1) is 0 Å². The van der Waals surface area contributed by atoms with Gasteiger partial charge in [-0.25, -0.2) is 14.8 Å². The second kappa shape index (κ2) is 5.24. The van der Waals surface area contributed by atoms with Crippen LogP contribution in [0, 0.1) is 0 Å². The zero-order chi connectivity index (χ0) is 12.3. The van der Waals surface area contributed by atoms with E-state index in [1.165, 1.54) is 35.6 Å². The topological polar surface area (TPSA) is 76.0 Å². The fourth-order valence-corrected chi connectivity index (χ4v) is 2.82. The molecule has 88 valence electrons. The van der Waals surface area contributed by atoms with E-state index in [1.54, 1.807) is 6.07 Å². The summed E-state index contributed by atoms with van der Waals surface area (Å²) in [6.45, 7) is 1.99. The van der Waals surface area contributed by atoms with Gasteiger partial charge >= 0.3 is 5.97 Å². The summed E-state index contributed by atoms with van der Waals surface area (Å²) in [5, 5.41) is 8.82. The number of pyridine rings is 1. The maximum absolute atomic E-state index is 10.8. The lowest BCUT2D eigenvalue weighted by Crippen LogP contribution is -1.99. The maximum Gasteiger partial charge on any atom is 0.354 e. The molecule has 5 nitrogen and oxygen atoms in total. The van der Waals surface area contributed by atoms with Crippen LogP contribution in [0.25, 0.3) is 0 Å². The molecule has 0 amide bonds. The predicted molar refractivity (Wildman–Crippen MR) is 64.6 cm³/mol. The third kappa shape index (κ3) is 3.01. The molecule has 0 aromatic carbocycles. The van der Waals surface area contributed by atoms with Crippen molar-refractivity contribution in [1.29, 1.82) is 0 Å². The molecular weight excluding hydrogens is 258 g/mol. The molecule has 0 saturated carbocycles. The lowest BCUT2D eigenvalue weighted by Gasteiger charge is -1.98. The van der Waals surface area contributed by atoms with E-state index in [1.807, 2.05) is 6.92 Å². The van der Waals surface area contributed by atoms with Crippen molar-refractivity contribution in [1.82, 2.24) is 14.3 Å². The third-order valence-electron chi connectivity index (χ3n) is 1.92. The first-order valence-corrected chi connectivity index (χ1v) is 6.48. The highest BCUT2D eigenvalue weighted by Crippen LogP contribution is 2.28. The normalized spacial score (nSPS) is 10.4. The summed E-state index contributed by atoms with van der Waals surface area (Å²) >= 11 is 2.71. The predicted octanol–water partition coefficient (Wildman–Crippen LogP) is 2.34. The minimum atomic E-state index is -1.03. The third-order valence-corrected chi connectivity index (χ3v) is 3.70. The van der Waals surface area contributed by atoms with E-state index in [4.69, 9.17) is 5.11 Å². The monoisotopic (exact) mass is 267 g/mol. The Morgan fingerprint density at radius 1 is 1.59 bits per heavy atom. The average Bonchev–Trinajstić information content (AvgIpc) is 2.77. The van der Waals surface area contributed by atoms with Crippen LogP contribution in [0.2, 0.25) is 0 Å². The van der Waals surface area contributed by atoms with Gasteiger partial charge in [-0.05, 0) is 23.7 Å². The van der Waals surface area contributed by atoms with Gasteiger partial charge in [-0.2, -0.15) is 4.37 Å². The van der Waals surface area contributed by atoms with Crippen molar-refractivity contribution < 1.29 is 9.90 Å². The molecule has 1 N–H and O–H groups in total. The highest BCUT2D eigenvalue weighted by Gasteiger charge is 2.08. The molecule has 0 saturated heterocycles. The number of carboxylic acids is 1. The van der Waals surface area contributed by atoms with Crippen molar-refractivity contribution in [3.8, 4) is 0 Å². The second-order valence-electron chi connectivity index (χ2n) is 3.11. The van der Waals surface area contributed by atoms with E-state index in [0.717, 1.165) is 21.5 Å². The molecule has 2 aromatic rings. The molecule has 0 aliphatic carbocycles. The van der Waals surface area contributed by atoms with Crippen LogP contribution >= 0.6 is 23.3 Å². The molecule has 0 aliphatic heterocycles. The van der Waals surface area contributed by atoms with Gasteiger partial charge in [-0.1, -0.05) is 18.7 Å². The summed E-state index contributed by atoms with van der Waals surface area (Å²) in [5.74, 6) is -0.219. The lowest BCUT2D eigenvalue weighted by molar-refractivity contribution is 0.0690. The van der Waals surface area contributed by atoms with Crippen LogP contribution in [0.3, 0.4) is 0 Å². The highest BCUT2D eigenvalue weighted by molar-refractivity contribution is 8.01. The second-order valence-corrected chi connectivity index (χ2v) is 5.19. The summed E-state index contributed by atoms with van der Waals surface area (Å²) in [7, 11) is 0. The van der Waals surface area contributed by atoms with Crippen molar-refractivity contribution in [2.45, 2.75) is 22.6 Å². The van der Waals surface area contributed by atoms with E-state index in [-0.39, 0.29) is 5.69 Å². The van der Waals surface area contributed by atoms with Crippen LogP contribution in [-0.4, -0.2) is 25.4 Å². The van der Waals surface area contributed by atoms with Crippen molar-refractivity contribution in [2.75, 3.05) is 0 Å². The van der Waals surface area contributed by atoms with Crippen LogP contribution in [0.4, 0.5) is 0 Å². The summed E-state index contributed by atoms with van der Waals surface area (Å²) in [6, 6.07) is 3.28. The minimum Gasteiger partial charge on any atom is -0.477 e. The molecule has 7 heteroatoms. The first-order chi connectivity index (χ1) is 8.19. The number of nitrogens with zero attached hydrogens (tertiary/aromatic N) is 3. The van der Waals surface area contributed by atoms with Crippen LogP contribution in [0.1, 0.15) is 23.2 Å². The van der Waals surface area contributed by atoms with Gasteiger partial charge in [0, 0.05) is 17.5 Å². The number of carboxylic acid groups (broad SMARTS) is 1. The lowest BCUT2D eigenvalue weighted by atomic mass is 10.4. The zero-order valence-electron chi connectivity index (χ0n) is 8.95. The standard InChI is InChI=1S/C10H9N3O2S2/c1-2-8-12-10(17-13-8)16-6-3-4-11-7(5-6)9(14)15/h3-5H,2H2,1H3,(H,14,15). The van der Waals surface area contributed by atoms with E-state index in [9.17, 15) is 4.79 Å². The Bertz CT molecular complexity index is 542. The molecule has 0 aliphatic rings. The molecule has 0 bridgehead atoms. The van der Waals surface area contributed by atoms with E-state index in [2.05, 4.69) is 14.3 Å². The van der Waals surface area contributed by atoms with E-state index < -0.39 is 5.97 Å². The van der Waals surface area contributed by atoms with E-state index >= 15 is 0 Å². The van der Waals surface area contributed by atoms with Crippen LogP contribution < -0.4 is 0 Å². The first kappa shape index (κ1) is 12.0. The number of hydrogen-bond donors (Lipinski definition) is 1. The number of aryl methyl sites for hydroxylation is 1. The number of carbonyl (C=O) groups is 1. The van der Waals surface area contributed by atoms with Gasteiger partial charge in [0.1, 0.15) is 11.5 Å². The number of hydrogen-bond acceptors (Lipinski definition) is 6. The van der Waals surface area contributed by atoms with Gasteiger partial charge in [0.2, 0.25) is 0 Å². The van der Waals surface area contributed by atoms with Crippen molar-refractivity contribution in [3.63, 3.8) is 0 Å². The molecule has 0 atom stereocenters. The zero-order valence-corrected chi connectivity index (χ0v) is 10.6. The smallest absolute Gasteiger partial charge is 0.354 e. The van der Waals surface area contributed by atoms with Gasteiger partial charge in [0.25, 0.3) is 0 Å². The van der Waals surface area contributed by atoms with Crippen molar-refractivity contribution in [3.05, 3.63) is 29.8 Å². The Hall–Kier alpha value is -1.47. The summed E-state index contributed by atoms with van der Waals surface area (Å²) < 4.78 is 4.98. The molecule has 2 rings (SSSR count). The van der Waals surface area contributed by atoms with Gasteiger partial charge in [0.05, 0.1) is 0 Å². The average molecular weight is 267 g/mol. The van der Waals surface area contributed by atoms with Gasteiger partial charge in [-0.3, -0.25) is 0 Å². The fourth-order valence-electron chi connectivity index (χ4n) is 1.12. The Morgan fingerprint density at radius 2 is 2.41 bits per heavy atom. The maximum atomic E-state index is 10.8. The van der Waals surface area contributed by atoms with Gasteiger partial charge in [0.15, 0.2) is 4.34 Å². The Kier molecular flexibility index (Phi) is 3.70. The van der Waals surface area contributed by atoms with Gasteiger partial charge < -0.3 is 5.11 Å². The molecule has 2 aromatic heterocycles. The molecule has 2 heterocycles. The first-order valence-electron chi connectivity index (χ1n) is 4.89. The number of aromatic nitrogens is 3. The number of aromatic carboxylic acids is 1. The Balaban J connectivity index is 2.18. The summed E-state index contributed by atoms with van der Waals surface area (Å²) in [6.07, 6.45) is 2.28. The summed E-state index contributed by atoms with van der Waals surface area (Å²) in [4.78, 5) is 19.6. The van der Waals surface area contributed by atoms with E-state index in [0.29, 0.717) is 0 Å². The molecule has 0 fully saturated rings. The van der Waals surface area contributed by atoms with Crippen molar-refractivity contribution >= 4 is 29.3 Å². The largest absolute Gasteiger partial charge is 0.477 e. The Morgan fingerprint density at radius 3 is 3.06 bits per heavy atom. The molecule has 17 heavy (non-hydrogen) atoms. The molecule has 0 radical (unpaired) electrons. The molecule has 0 unspecified atom stereocenters. The van der Waals surface area contributed by atoms with Crippen LogP contribution in [-0.2, 0) is 6.42 Å². The number of rotatable bonds is 4. The van der Waals surface area contributed by atoms with Crippen LogP contribution in [0.5, 0.6) is 0 Å². The quantitative estimate of drug-likeness (QED) is 0.916. The SMILES string of the molecule is CCc1nsc(Sc2ccnc(C(=O)O)c2)n1. The van der Waals surface area contributed by atoms with Crippen molar-refractivity contribution in [2.24, 2.45) is 0 Å². The van der Waals surface area contributed by atoms with Crippen LogP contribution in [0.15, 0.2) is 27.6 Å². The molecule has 0 spiro atoms. The molecular formula is C10H9N3O2S2.